The van der Waals surface area contributed by atoms with Crippen molar-refractivity contribution in [3.8, 4) is 0 Å². The summed E-state index contributed by atoms with van der Waals surface area (Å²) in [4.78, 5) is 0. The summed E-state index contributed by atoms with van der Waals surface area (Å²) in [5, 5.41) is 0. The highest BCUT2D eigenvalue weighted by Crippen LogP contribution is 2.21. The average Bonchev–Trinajstić information content (AvgIpc) is 2.13. The zero-order valence-corrected chi connectivity index (χ0v) is 9.74. The van der Waals surface area contributed by atoms with Gasteiger partial charge in [-0.15, -0.1) is 0 Å². The standard InChI is InChI=1S/C10H9BrF4O/c11-9-5-8(12)2-1-7(9)6-16-4-3-10(13,14)15/h1-2,5H,3-4,6H2. The zero-order chi connectivity index (χ0) is 12.2. The molecule has 1 aromatic carbocycles. The maximum atomic E-state index is 12.7. The smallest absolute Gasteiger partial charge is 0.376 e. The van der Waals surface area contributed by atoms with E-state index < -0.39 is 25.0 Å². The fraction of sp³-hybridized carbons (Fsp3) is 0.400. The van der Waals surface area contributed by atoms with Crippen LogP contribution in [-0.4, -0.2) is 12.8 Å². The van der Waals surface area contributed by atoms with Gasteiger partial charge in [-0.2, -0.15) is 13.2 Å². The molecule has 0 aliphatic carbocycles. The second kappa shape index (κ2) is 5.63. The first-order chi connectivity index (χ1) is 7.38. The molecule has 0 heterocycles. The quantitative estimate of drug-likeness (QED) is 0.602. The second-order valence-corrected chi connectivity index (χ2v) is 4.01. The highest BCUT2D eigenvalue weighted by molar-refractivity contribution is 9.10. The molecule has 0 N–H and O–H groups in total. The molecule has 0 aliphatic rings. The van der Waals surface area contributed by atoms with Gasteiger partial charge in [-0.05, 0) is 17.7 Å². The first-order valence-corrected chi connectivity index (χ1v) is 5.26. The fourth-order valence-electron chi connectivity index (χ4n) is 1.01. The highest BCUT2D eigenvalue weighted by atomic mass is 79.9. The third-order valence-electron chi connectivity index (χ3n) is 1.80. The van der Waals surface area contributed by atoms with Crippen LogP contribution in [0.5, 0.6) is 0 Å². The molecule has 0 bridgehead atoms. The lowest BCUT2D eigenvalue weighted by Crippen LogP contribution is -2.11. The molecule has 0 amide bonds. The molecule has 0 atom stereocenters. The molecule has 0 saturated heterocycles. The van der Waals surface area contributed by atoms with E-state index in [0.717, 1.165) is 0 Å². The minimum absolute atomic E-state index is 0.0247. The van der Waals surface area contributed by atoms with Crippen molar-refractivity contribution in [2.45, 2.75) is 19.2 Å². The predicted molar refractivity (Wildman–Crippen MR) is 54.4 cm³/mol. The van der Waals surface area contributed by atoms with Crippen LogP contribution in [0.3, 0.4) is 0 Å². The lowest BCUT2D eigenvalue weighted by molar-refractivity contribution is -0.146. The summed E-state index contributed by atoms with van der Waals surface area (Å²) >= 11 is 3.10. The van der Waals surface area contributed by atoms with E-state index in [0.29, 0.717) is 10.0 Å². The average molecular weight is 301 g/mol. The molecule has 0 unspecified atom stereocenters. The first kappa shape index (κ1) is 13.4. The van der Waals surface area contributed by atoms with Gasteiger partial charge in [0.25, 0.3) is 0 Å². The van der Waals surface area contributed by atoms with Crippen LogP contribution in [0.25, 0.3) is 0 Å². The van der Waals surface area contributed by atoms with Crippen molar-refractivity contribution < 1.29 is 22.3 Å². The van der Waals surface area contributed by atoms with Crippen molar-refractivity contribution in [1.82, 2.24) is 0 Å². The Morgan fingerprint density at radius 3 is 2.50 bits per heavy atom. The van der Waals surface area contributed by atoms with E-state index in [2.05, 4.69) is 15.9 Å². The summed E-state index contributed by atoms with van der Waals surface area (Å²) in [7, 11) is 0. The number of hydrogen-bond acceptors (Lipinski definition) is 1. The van der Waals surface area contributed by atoms with Crippen LogP contribution in [0.15, 0.2) is 22.7 Å². The predicted octanol–water partition coefficient (Wildman–Crippen LogP) is 4.06. The Kier molecular flexibility index (Phi) is 4.73. The summed E-state index contributed by atoms with van der Waals surface area (Å²) in [5.74, 6) is -0.411. The number of alkyl halides is 3. The summed E-state index contributed by atoms with van der Waals surface area (Å²) in [6.07, 6.45) is -5.19. The molecule has 1 rings (SSSR count). The van der Waals surface area contributed by atoms with E-state index in [1.54, 1.807) is 0 Å². The summed E-state index contributed by atoms with van der Waals surface area (Å²) in [5.41, 5.74) is 0.614. The third-order valence-corrected chi connectivity index (χ3v) is 2.54. The maximum Gasteiger partial charge on any atom is 0.391 e. The summed E-state index contributed by atoms with van der Waals surface area (Å²) in [6.45, 7) is -0.371. The summed E-state index contributed by atoms with van der Waals surface area (Å²) in [6, 6.07) is 3.93. The highest BCUT2D eigenvalue weighted by Gasteiger charge is 2.26. The Labute approximate surface area is 98.5 Å². The van der Waals surface area contributed by atoms with E-state index in [1.807, 2.05) is 0 Å². The minimum atomic E-state index is -4.21. The van der Waals surface area contributed by atoms with E-state index >= 15 is 0 Å². The van der Waals surface area contributed by atoms with Gasteiger partial charge < -0.3 is 4.74 Å². The molecule has 1 aromatic rings. The maximum absolute atomic E-state index is 12.7. The Morgan fingerprint density at radius 1 is 1.25 bits per heavy atom. The topological polar surface area (TPSA) is 9.23 Å². The molecule has 0 aromatic heterocycles. The molecule has 16 heavy (non-hydrogen) atoms. The van der Waals surface area contributed by atoms with Gasteiger partial charge in [-0.1, -0.05) is 22.0 Å². The zero-order valence-electron chi connectivity index (χ0n) is 8.15. The summed E-state index contributed by atoms with van der Waals surface area (Å²) < 4.78 is 53.3. The molecule has 1 nitrogen and oxygen atoms in total. The Bertz CT molecular complexity index is 351. The Morgan fingerprint density at radius 2 is 1.94 bits per heavy atom. The Hall–Kier alpha value is -0.620. The molecule has 0 fully saturated rings. The van der Waals surface area contributed by atoms with E-state index in [4.69, 9.17) is 4.74 Å². The molecule has 0 aliphatic heterocycles. The first-order valence-electron chi connectivity index (χ1n) is 4.47. The van der Waals surface area contributed by atoms with Crippen molar-refractivity contribution in [3.63, 3.8) is 0 Å². The lowest BCUT2D eigenvalue weighted by atomic mass is 10.2. The van der Waals surface area contributed by atoms with Gasteiger partial charge in [0, 0.05) is 4.47 Å². The van der Waals surface area contributed by atoms with Crippen molar-refractivity contribution in [1.29, 1.82) is 0 Å². The van der Waals surface area contributed by atoms with Crippen LogP contribution in [0.1, 0.15) is 12.0 Å². The Balaban J connectivity index is 2.38. The van der Waals surface area contributed by atoms with Gasteiger partial charge >= 0.3 is 6.18 Å². The van der Waals surface area contributed by atoms with Gasteiger partial charge in [0.05, 0.1) is 19.6 Å². The molecular formula is C10H9BrF4O. The van der Waals surface area contributed by atoms with Crippen molar-refractivity contribution in [3.05, 3.63) is 34.1 Å². The SMILES string of the molecule is Fc1ccc(COCCC(F)(F)F)c(Br)c1. The van der Waals surface area contributed by atoms with Crippen molar-refractivity contribution >= 4 is 15.9 Å². The number of hydrogen-bond donors (Lipinski definition) is 0. The minimum Gasteiger partial charge on any atom is -0.376 e. The molecule has 0 spiro atoms. The van der Waals surface area contributed by atoms with Crippen LogP contribution < -0.4 is 0 Å². The normalized spacial score (nSPS) is 11.8. The van der Waals surface area contributed by atoms with Crippen molar-refractivity contribution in [2.75, 3.05) is 6.61 Å². The van der Waals surface area contributed by atoms with Crippen LogP contribution in [0, 0.1) is 5.82 Å². The van der Waals surface area contributed by atoms with Gasteiger partial charge in [0.15, 0.2) is 0 Å². The van der Waals surface area contributed by atoms with E-state index in [-0.39, 0.29) is 6.61 Å². The molecule has 0 radical (unpaired) electrons. The number of benzene rings is 1. The molecule has 6 heteroatoms. The van der Waals surface area contributed by atoms with E-state index in [1.165, 1.54) is 18.2 Å². The number of halogens is 5. The third kappa shape index (κ3) is 4.94. The molecular weight excluding hydrogens is 292 g/mol. The molecule has 0 saturated carbocycles. The van der Waals surface area contributed by atoms with Gasteiger partial charge in [-0.25, -0.2) is 4.39 Å². The van der Waals surface area contributed by atoms with Gasteiger partial charge in [-0.3, -0.25) is 0 Å². The monoisotopic (exact) mass is 300 g/mol. The van der Waals surface area contributed by atoms with Crippen LogP contribution >= 0.6 is 15.9 Å². The van der Waals surface area contributed by atoms with Gasteiger partial charge in [0.1, 0.15) is 5.82 Å². The van der Waals surface area contributed by atoms with E-state index in [9.17, 15) is 17.6 Å². The van der Waals surface area contributed by atoms with Crippen LogP contribution in [0.4, 0.5) is 17.6 Å². The fourth-order valence-corrected chi connectivity index (χ4v) is 1.47. The lowest BCUT2D eigenvalue weighted by Gasteiger charge is -2.08. The molecule has 90 valence electrons. The van der Waals surface area contributed by atoms with Crippen LogP contribution in [0.2, 0.25) is 0 Å². The number of ether oxygens (including phenoxy) is 1. The second-order valence-electron chi connectivity index (χ2n) is 3.15. The van der Waals surface area contributed by atoms with Gasteiger partial charge in [0.2, 0.25) is 0 Å². The number of rotatable bonds is 4. The van der Waals surface area contributed by atoms with Crippen molar-refractivity contribution in [2.24, 2.45) is 0 Å². The largest absolute Gasteiger partial charge is 0.391 e. The van der Waals surface area contributed by atoms with Crippen LogP contribution in [-0.2, 0) is 11.3 Å².